The molecule has 0 aromatic carbocycles. The summed E-state index contributed by atoms with van der Waals surface area (Å²) in [6.07, 6.45) is 4.82. The minimum atomic E-state index is -0.194. The van der Waals surface area contributed by atoms with Crippen LogP contribution in [0.25, 0.3) is 0 Å². The van der Waals surface area contributed by atoms with E-state index in [1.54, 1.807) is 0 Å². The van der Waals surface area contributed by atoms with Crippen LogP contribution in [0.3, 0.4) is 0 Å². The van der Waals surface area contributed by atoms with Gasteiger partial charge in [-0.15, -0.1) is 0 Å². The maximum absolute atomic E-state index is 10.3. The molecule has 3 aliphatic rings. The SMILES string of the molecule is CN1CCCC2CN(CC(O)C3CCOC3)CCC21. The fraction of sp³-hybridized carbons (Fsp3) is 1.00. The molecule has 3 heterocycles. The first-order chi connectivity index (χ1) is 9.24. The van der Waals surface area contributed by atoms with E-state index in [4.69, 9.17) is 4.74 Å². The normalized spacial score (nSPS) is 39.2. The second-order valence-electron chi connectivity index (χ2n) is 6.69. The Morgan fingerprint density at radius 2 is 2.16 bits per heavy atom. The van der Waals surface area contributed by atoms with Gasteiger partial charge in [0.05, 0.1) is 12.7 Å². The molecule has 3 aliphatic heterocycles. The maximum atomic E-state index is 10.3. The van der Waals surface area contributed by atoms with Gasteiger partial charge in [-0.2, -0.15) is 0 Å². The zero-order valence-electron chi connectivity index (χ0n) is 12.1. The van der Waals surface area contributed by atoms with Gasteiger partial charge < -0.3 is 19.6 Å². The number of fused-ring (bicyclic) bond motifs is 1. The number of hydrogen-bond donors (Lipinski definition) is 1. The number of aliphatic hydroxyl groups excluding tert-OH is 1. The van der Waals surface area contributed by atoms with Crippen LogP contribution in [0.15, 0.2) is 0 Å². The van der Waals surface area contributed by atoms with Gasteiger partial charge in [-0.1, -0.05) is 0 Å². The molecule has 0 spiro atoms. The highest BCUT2D eigenvalue weighted by Gasteiger charge is 2.35. The van der Waals surface area contributed by atoms with E-state index in [0.717, 1.165) is 44.7 Å². The molecule has 0 radical (unpaired) electrons. The Kier molecular flexibility index (Phi) is 4.42. The van der Waals surface area contributed by atoms with E-state index in [9.17, 15) is 5.11 Å². The van der Waals surface area contributed by atoms with Gasteiger partial charge in [0.1, 0.15) is 0 Å². The highest BCUT2D eigenvalue weighted by Crippen LogP contribution is 2.30. The summed E-state index contributed by atoms with van der Waals surface area (Å²) < 4.78 is 5.38. The monoisotopic (exact) mass is 268 g/mol. The van der Waals surface area contributed by atoms with Crippen molar-refractivity contribution in [1.82, 2.24) is 9.80 Å². The van der Waals surface area contributed by atoms with Crippen molar-refractivity contribution in [3.63, 3.8) is 0 Å². The zero-order valence-corrected chi connectivity index (χ0v) is 12.1. The number of aliphatic hydroxyl groups is 1. The Labute approximate surface area is 116 Å². The van der Waals surface area contributed by atoms with Gasteiger partial charge >= 0.3 is 0 Å². The molecule has 4 atom stereocenters. The largest absolute Gasteiger partial charge is 0.391 e. The fourth-order valence-electron chi connectivity index (χ4n) is 4.16. The first-order valence-electron chi connectivity index (χ1n) is 7.92. The molecular weight excluding hydrogens is 240 g/mol. The second-order valence-corrected chi connectivity index (χ2v) is 6.69. The minimum absolute atomic E-state index is 0.194. The molecule has 0 saturated carbocycles. The minimum Gasteiger partial charge on any atom is -0.391 e. The summed E-state index contributed by atoms with van der Waals surface area (Å²) in [7, 11) is 2.28. The van der Waals surface area contributed by atoms with Crippen LogP contribution in [0.2, 0.25) is 0 Å². The Bertz CT molecular complexity index is 292. The van der Waals surface area contributed by atoms with Gasteiger partial charge in [0, 0.05) is 31.7 Å². The van der Waals surface area contributed by atoms with Gasteiger partial charge in [-0.25, -0.2) is 0 Å². The Balaban J connectivity index is 1.50. The van der Waals surface area contributed by atoms with Crippen LogP contribution >= 0.6 is 0 Å². The molecular formula is C15H28N2O2. The van der Waals surface area contributed by atoms with Crippen molar-refractivity contribution in [2.45, 2.75) is 37.8 Å². The predicted octanol–water partition coefficient (Wildman–Crippen LogP) is 0.800. The average molecular weight is 268 g/mol. The van der Waals surface area contributed by atoms with Crippen molar-refractivity contribution in [2.75, 3.05) is 46.4 Å². The number of ether oxygens (including phenoxy) is 1. The van der Waals surface area contributed by atoms with Crippen LogP contribution < -0.4 is 0 Å². The molecule has 110 valence electrons. The van der Waals surface area contributed by atoms with Crippen molar-refractivity contribution in [3.05, 3.63) is 0 Å². The smallest absolute Gasteiger partial charge is 0.0718 e. The lowest BCUT2D eigenvalue weighted by Crippen LogP contribution is -2.54. The number of β-amino-alcohol motifs (C(OH)–C–C–N with tert-alkyl or cyclic N) is 1. The average Bonchev–Trinajstić information content (AvgIpc) is 2.93. The summed E-state index contributed by atoms with van der Waals surface area (Å²) in [5, 5.41) is 10.3. The number of hydrogen-bond acceptors (Lipinski definition) is 4. The van der Waals surface area contributed by atoms with E-state index in [-0.39, 0.29) is 6.10 Å². The third kappa shape index (κ3) is 3.13. The quantitative estimate of drug-likeness (QED) is 0.821. The van der Waals surface area contributed by atoms with Crippen LogP contribution in [0.5, 0.6) is 0 Å². The molecule has 0 amide bonds. The molecule has 3 rings (SSSR count). The predicted molar refractivity (Wildman–Crippen MR) is 75.1 cm³/mol. The Hall–Kier alpha value is -0.160. The van der Waals surface area contributed by atoms with Crippen molar-refractivity contribution in [3.8, 4) is 0 Å². The third-order valence-corrected chi connectivity index (χ3v) is 5.38. The molecule has 4 heteroatoms. The zero-order chi connectivity index (χ0) is 13.2. The summed E-state index contributed by atoms with van der Waals surface area (Å²) in [4.78, 5) is 5.04. The van der Waals surface area contributed by atoms with E-state index in [1.807, 2.05) is 0 Å². The topological polar surface area (TPSA) is 35.9 Å². The van der Waals surface area contributed by atoms with Crippen LogP contribution in [0, 0.1) is 11.8 Å². The second kappa shape index (κ2) is 6.08. The van der Waals surface area contributed by atoms with Crippen molar-refractivity contribution in [2.24, 2.45) is 11.8 Å². The van der Waals surface area contributed by atoms with Gasteiger partial charge in [0.25, 0.3) is 0 Å². The van der Waals surface area contributed by atoms with Gasteiger partial charge in [0.15, 0.2) is 0 Å². The number of rotatable bonds is 3. The number of nitrogens with zero attached hydrogens (tertiary/aromatic N) is 2. The fourth-order valence-corrected chi connectivity index (χ4v) is 4.16. The van der Waals surface area contributed by atoms with Gasteiger partial charge in [-0.05, 0) is 51.7 Å². The number of likely N-dealkylation sites (tertiary alicyclic amines) is 2. The van der Waals surface area contributed by atoms with E-state index in [2.05, 4.69) is 16.8 Å². The van der Waals surface area contributed by atoms with Crippen LogP contribution in [0.1, 0.15) is 25.7 Å². The molecule has 4 unspecified atom stereocenters. The summed E-state index contributed by atoms with van der Waals surface area (Å²) in [6, 6.07) is 0.789. The van der Waals surface area contributed by atoms with E-state index in [1.165, 1.54) is 32.4 Å². The van der Waals surface area contributed by atoms with Crippen molar-refractivity contribution in [1.29, 1.82) is 0 Å². The summed E-state index contributed by atoms with van der Waals surface area (Å²) in [6.45, 7) is 6.03. The molecule has 4 nitrogen and oxygen atoms in total. The standard InChI is InChI=1S/C15H28N2O2/c1-16-6-2-3-12-9-17(7-4-14(12)16)10-15(18)13-5-8-19-11-13/h12-15,18H,2-11H2,1H3. The first kappa shape index (κ1) is 13.8. The molecule has 0 aromatic rings. The Morgan fingerprint density at radius 1 is 1.26 bits per heavy atom. The molecule has 0 aliphatic carbocycles. The molecule has 1 N–H and O–H groups in total. The lowest BCUT2D eigenvalue weighted by molar-refractivity contribution is 0.00285. The molecule has 3 fully saturated rings. The molecule has 0 aromatic heterocycles. The summed E-state index contributed by atoms with van der Waals surface area (Å²) >= 11 is 0. The highest BCUT2D eigenvalue weighted by molar-refractivity contribution is 4.90. The molecule has 3 saturated heterocycles. The first-order valence-corrected chi connectivity index (χ1v) is 7.92. The van der Waals surface area contributed by atoms with Crippen LogP contribution in [-0.2, 0) is 4.74 Å². The van der Waals surface area contributed by atoms with E-state index < -0.39 is 0 Å². The molecule has 0 bridgehead atoms. The van der Waals surface area contributed by atoms with Gasteiger partial charge in [0.2, 0.25) is 0 Å². The Morgan fingerprint density at radius 3 is 2.95 bits per heavy atom. The van der Waals surface area contributed by atoms with E-state index >= 15 is 0 Å². The maximum Gasteiger partial charge on any atom is 0.0718 e. The van der Waals surface area contributed by atoms with Gasteiger partial charge in [-0.3, -0.25) is 0 Å². The van der Waals surface area contributed by atoms with Crippen LogP contribution in [-0.4, -0.2) is 73.5 Å². The molecule has 19 heavy (non-hydrogen) atoms. The lowest BCUT2D eigenvalue weighted by Gasteiger charge is -2.46. The summed E-state index contributed by atoms with van der Waals surface area (Å²) in [5.74, 6) is 1.19. The highest BCUT2D eigenvalue weighted by atomic mass is 16.5. The van der Waals surface area contributed by atoms with E-state index in [0.29, 0.717) is 5.92 Å². The van der Waals surface area contributed by atoms with Crippen LogP contribution in [0.4, 0.5) is 0 Å². The van der Waals surface area contributed by atoms with Crippen molar-refractivity contribution >= 4 is 0 Å². The summed E-state index contributed by atoms with van der Waals surface area (Å²) in [5.41, 5.74) is 0. The third-order valence-electron chi connectivity index (χ3n) is 5.38. The van der Waals surface area contributed by atoms with Crippen molar-refractivity contribution < 1.29 is 9.84 Å². The number of piperidine rings is 2. The lowest BCUT2D eigenvalue weighted by atomic mass is 9.84.